The first-order valence-corrected chi connectivity index (χ1v) is 4.28. The average Bonchev–Trinajstić information content (AvgIpc) is 2.04. The van der Waals surface area contributed by atoms with Gasteiger partial charge in [0, 0.05) is 26.2 Å². The third-order valence-corrected chi connectivity index (χ3v) is 2.43. The third-order valence-electron chi connectivity index (χ3n) is 2.43. The van der Waals surface area contributed by atoms with Crippen molar-refractivity contribution in [3.8, 4) is 0 Å². The van der Waals surface area contributed by atoms with E-state index in [1.165, 1.54) is 0 Å². The fraction of sp³-hybridized carbons (Fsp3) is 1.00. The molecular weight excluding hydrogens is 140 g/mol. The maximum atomic E-state index is 5.89. The Hall–Kier alpha value is -0.120. The first-order valence-electron chi connectivity index (χ1n) is 4.28. The van der Waals surface area contributed by atoms with Gasteiger partial charge in [0.05, 0.1) is 6.10 Å². The molecule has 66 valence electrons. The number of ether oxygens (including phenoxy) is 1. The fourth-order valence-corrected chi connectivity index (χ4v) is 1.61. The Balaban J connectivity index is 2.34. The molecule has 1 aliphatic heterocycles. The predicted molar refractivity (Wildman–Crippen MR) is 45.5 cm³/mol. The summed E-state index contributed by atoms with van der Waals surface area (Å²) in [5.74, 6) is 0. The molecule has 2 N–H and O–H groups in total. The topological polar surface area (TPSA) is 38.5 Å². The van der Waals surface area contributed by atoms with Gasteiger partial charge in [0.1, 0.15) is 0 Å². The van der Waals surface area contributed by atoms with Crippen molar-refractivity contribution < 1.29 is 4.74 Å². The van der Waals surface area contributed by atoms with Crippen LogP contribution in [-0.2, 0) is 4.74 Å². The number of piperidine rings is 1. The van der Waals surface area contributed by atoms with E-state index in [0.717, 1.165) is 26.1 Å². The lowest BCUT2D eigenvalue weighted by molar-refractivity contribution is 0.0261. The van der Waals surface area contributed by atoms with Crippen molar-refractivity contribution in [2.45, 2.75) is 25.5 Å². The average molecular weight is 158 g/mol. The molecule has 2 atom stereocenters. The highest BCUT2D eigenvalue weighted by molar-refractivity contribution is 4.82. The van der Waals surface area contributed by atoms with E-state index in [2.05, 4.69) is 11.8 Å². The molecule has 1 heterocycles. The van der Waals surface area contributed by atoms with Crippen LogP contribution >= 0.6 is 0 Å². The molecule has 11 heavy (non-hydrogen) atoms. The first-order chi connectivity index (χ1) is 5.27. The van der Waals surface area contributed by atoms with Gasteiger partial charge >= 0.3 is 0 Å². The van der Waals surface area contributed by atoms with E-state index >= 15 is 0 Å². The van der Waals surface area contributed by atoms with Crippen LogP contribution in [0.25, 0.3) is 0 Å². The standard InChI is InChI=1S/C8H18N2O/c1-3-10-5-4-8(11-2)7(9)6-10/h7-8H,3-6,9H2,1-2H3/t7-,8+/m0/s1. The summed E-state index contributed by atoms with van der Waals surface area (Å²) in [5.41, 5.74) is 5.89. The van der Waals surface area contributed by atoms with Crippen LogP contribution in [0.2, 0.25) is 0 Å². The van der Waals surface area contributed by atoms with Crippen molar-refractivity contribution in [1.29, 1.82) is 0 Å². The van der Waals surface area contributed by atoms with Crippen LogP contribution in [0, 0.1) is 0 Å². The zero-order valence-corrected chi connectivity index (χ0v) is 7.42. The Morgan fingerprint density at radius 3 is 2.82 bits per heavy atom. The van der Waals surface area contributed by atoms with Crippen LogP contribution in [0.3, 0.4) is 0 Å². The molecule has 3 heteroatoms. The number of likely N-dealkylation sites (tertiary alicyclic amines) is 1. The van der Waals surface area contributed by atoms with E-state index in [-0.39, 0.29) is 12.1 Å². The summed E-state index contributed by atoms with van der Waals surface area (Å²) in [5, 5.41) is 0. The molecule has 0 spiro atoms. The van der Waals surface area contributed by atoms with E-state index in [9.17, 15) is 0 Å². The van der Waals surface area contributed by atoms with Crippen LogP contribution in [0.1, 0.15) is 13.3 Å². The third kappa shape index (κ3) is 2.15. The predicted octanol–water partition coefficient (Wildman–Crippen LogP) is 0.0543. The zero-order chi connectivity index (χ0) is 8.27. The Labute approximate surface area is 68.5 Å². The van der Waals surface area contributed by atoms with Crippen molar-refractivity contribution >= 4 is 0 Å². The van der Waals surface area contributed by atoms with Gasteiger partial charge in [0.25, 0.3) is 0 Å². The van der Waals surface area contributed by atoms with Gasteiger partial charge in [-0.05, 0) is 13.0 Å². The molecule has 0 bridgehead atoms. The first kappa shape index (κ1) is 8.97. The summed E-state index contributed by atoms with van der Waals surface area (Å²) in [4.78, 5) is 2.36. The molecule has 0 unspecified atom stereocenters. The summed E-state index contributed by atoms with van der Waals surface area (Å²) < 4.78 is 5.24. The molecule has 1 saturated heterocycles. The highest BCUT2D eigenvalue weighted by Gasteiger charge is 2.24. The Bertz CT molecular complexity index is 119. The van der Waals surface area contributed by atoms with Gasteiger partial charge in [0.2, 0.25) is 0 Å². The highest BCUT2D eigenvalue weighted by atomic mass is 16.5. The minimum Gasteiger partial charge on any atom is -0.380 e. The molecular formula is C8H18N2O. The van der Waals surface area contributed by atoms with E-state index in [1.807, 2.05) is 0 Å². The van der Waals surface area contributed by atoms with Gasteiger partial charge in [-0.25, -0.2) is 0 Å². The molecule has 0 aliphatic carbocycles. The quantitative estimate of drug-likeness (QED) is 0.617. The Morgan fingerprint density at radius 2 is 2.36 bits per heavy atom. The van der Waals surface area contributed by atoms with Gasteiger partial charge < -0.3 is 15.4 Å². The second-order valence-electron chi connectivity index (χ2n) is 3.12. The van der Waals surface area contributed by atoms with Gasteiger partial charge in [-0.1, -0.05) is 6.92 Å². The second-order valence-corrected chi connectivity index (χ2v) is 3.12. The zero-order valence-electron chi connectivity index (χ0n) is 7.42. The van der Waals surface area contributed by atoms with Crippen molar-refractivity contribution in [3.63, 3.8) is 0 Å². The van der Waals surface area contributed by atoms with Crippen molar-refractivity contribution in [3.05, 3.63) is 0 Å². The number of nitrogens with zero attached hydrogens (tertiary/aromatic N) is 1. The maximum absolute atomic E-state index is 5.89. The molecule has 0 aromatic rings. The van der Waals surface area contributed by atoms with Gasteiger partial charge in [-0.15, -0.1) is 0 Å². The van der Waals surface area contributed by atoms with Crippen molar-refractivity contribution in [2.75, 3.05) is 26.7 Å². The summed E-state index contributed by atoms with van der Waals surface area (Å²) in [6.45, 7) is 5.38. The number of hydrogen-bond acceptors (Lipinski definition) is 3. The van der Waals surface area contributed by atoms with Gasteiger partial charge in [-0.3, -0.25) is 0 Å². The molecule has 1 aliphatic rings. The number of hydrogen-bond donors (Lipinski definition) is 1. The smallest absolute Gasteiger partial charge is 0.0746 e. The molecule has 1 rings (SSSR count). The summed E-state index contributed by atoms with van der Waals surface area (Å²) >= 11 is 0. The lowest BCUT2D eigenvalue weighted by Crippen LogP contribution is -2.51. The molecule has 0 aromatic heterocycles. The van der Waals surface area contributed by atoms with E-state index in [0.29, 0.717) is 0 Å². The van der Waals surface area contributed by atoms with E-state index in [4.69, 9.17) is 10.5 Å². The lowest BCUT2D eigenvalue weighted by Gasteiger charge is -2.35. The largest absolute Gasteiger partial charge is 0.380 e. The van der Waals surface area contributed by atoms with Crippen LogP contribution in [0.15, 0.2) is 0 Å². The van der Waals surface area contributed by atoms with Crippen LogP contribution < -0.4 is 5.73 Å². The number of nitrogens with two attached hydrogens (primary N) is 1. The molecule has 1 fully saturated rings. The molecule has 0 saturated carbocycles. The summed E-state index contributed by atoms with van der Waals surface area (Å²) in [6, 6.07) is 0.202. The van der Waals surface area contributed by atoms with Crippen molar-refractivity contribution in [2.24, 2.45) is 5.73 Å². The Morgan fingerprint density at radius 1 is 1.64 bits per heavy atom. The highest BCUT2D eigenvalue weighted by Crippen LogP contribution is 2.11. The molecule has 0 amide bonds. The van der Waals surface area contributed by atoms with Crippen LogP contribution in [0.5, 0.6) is 0 Å². The van der Waals surface area contributed by atoms with Gasteiger partial charge in [0.15, 0.2) is 0 Å². The van der Waals surface area contributed by atoms with Gasteiger partial charge in [-0.2, -0.15) is 0 Å². The number of methoxy groups -OCH3 is 1. The molecule has 0 radical (unpaired) electrons. The fourth-order valence-electron chi connectivity index (χ4n) is 1.61. The summed E-state index contributed by atoms with van der Waals surface area (Å²) in [6.07, 6.45) is 1.35. The second kappa shape index (κ2) is 4.04. The lowest BCUT2D eigenvalue weighted by atomic mass is 10.0. The number of likely N-dealkylation sites (N-methyl/N-ethyl adjacent to an activating group) is 1. The van der Waals surface area contributed by atoms with Crippen molar-refractivity contribution in [1.82, 2.24) is 4.90 Å². The van der Waals surface area contributed by atoms with E-state index < -0.39 is 0 Å². The minimum atomic E-state index is 0.202. The summed E-state index contributed by atoms with van der Waals surface area (Å²) in [7, 11) is 1.74. The molecule has 0 aromatic carbocycles. The monoisotopic (exact) mass is 158 g/mol. The SMILES string of the molecule is CCN1CC[C@@H](OC)[C@@H](N)C1. The number of rotatable bonds is 2. The minimum absolute atomic E-state index is 0.202. The Kier molecular flexibility index (Phi) is 3.30. The normalized spacial score (nSPS) is 34.1. The van der Waals surface area contributed by atoms with E-state index in [1.54, 1.807) is 7.11 Å². The maximum Gasteiger partial charge on any atom is 0.0746 e. The van der Waals surface area contributed by atoms with Crippen LogP contribution in [0.4, 0.5) is 0 Å². The van der Waals surface area contributed by atoms with Crippen LogP contribution in [-0.4, -0.2) is 43.8 Å². The molecule has 3 nitrogen and oxygen atoms in total.